The van der Waals surface area contributed by atoms with Gasteiger partial charge in [-0.3, -0.25) is 0 Å². The van der Waals surface area contributed by atoms with Crippen molar-refractivity contribution in [2.75, 3.05) is 0 Å². The smallest absolute Gasteiger partial charge is 0.232 e. The zero-order valence-corrected chi connectivity index (χ0v) is 10.5. The summed E-state index contributed by atoms with van der Waals surface area (Å²) >= 11 is 8.72. The highest BCUT2D eigenvalue weighted by Crippen LogP contribution is 2.27. The summed E-state index contributed by atoms with van der Waals surface area (Å²) in [6, 6.07) is 6.58. The van der Waals surface area contributed by atoms with Crippen molar-refractivity contribution < 1.29 is 8.42 Å². The Morgan fingerprint density at radius 2 is 2.07 bits per heavy atom. The summed E-state index contributed by atoms with van der Waals surface area (Å²) in [4.78, 5) is 3.84. The molecule has 2 rings (SSSR count). The molecule has 0 unspecified atom stereocenters. The Kier molecular flexibility index (Phi) is 2.70. The Morgan fingerprint density at radius 3 is 2.60 bits per heavy atom. The van der Waals surface area contributed by atoms with E-state index in [9.17, 15) is 8.42 Å². The SMILES string of the molecule is O=S1(=O)C(Br)=CN=C1c1cccc(Cl)c1. The van der Waals surface area contributed by atoms with Crippen LogP contribution in [-0.4, -0.2) is 13.5 Å². The topological polar surface area (TPSA) is 46.5 Å². The lowest BCUT2D eigenvalue weighted by Gasteiger charge is -2.01. The normalized spacial score (nSPS) is 18.5. The van der Waals surface area contributed by atoms with Crippen LogP contribution in [0.25, 0.3) is 0 Å². The zero-order chi connectivity index (χ0) is 11.1. The fourth-order valence-electron chi connectivity index (χ4n) is 1.19. The molecule has 15 heavy (non-hydrogen) atoms. The minimum Gasteiger partial charge on any atom is -0.242 e. The molecule has 0 amide bonds. The molecule has 0 bridgehead atoms. The van der Waals surface area contributed by atoms with Gasteiger partial charge in [0.15, 0.2) is 5.04 Å². The summed E-state index contributed by atoms with van der Waals surface area (Å²) in [5.74, 6) is 0. The molecule has 6 heteroatoms. The van der Waals surface area contributed by atoms with Crippen LogP contribution in [-0.2, 0) is 9.84 Å². The van der Waals surface area contributed by atoms with Crippen molar-refractivity contribution >= 4 is 42.4 Å². The standard InChI is InChI=1S/C9H5BrClNO2S/c10-8-5-12-9(15(8,13)14)6-2-1-3-7(11)4-6/h1-5H. The number of hydrogen-bond donors (Lipinski definition) is 0. The van der Waals surface area contributed by atoms with Gasteiger partial charge in [0.1, 0.15) is 3.81 Å². The van der Waals surface area contributed by atoms with Crippen molar-refractivity contribution in [1.82, 2.24) is 0 Å². The van der Waals surface area contributed by atoms with E-state index in [0.717, 1.165) is 0 Å². The van der Waals surface area contributed by atoms with E-state index in [1.165, 1.54) is 6.20 Å². The molecule has 78 valence electrons. The molecule has 1 aliphatic rings. The molecule has 1 heterocycles. The average Bonchev–Trinajstić information content (AvgIpc) is 2.42. The molecular weight excluding hydrogens is 302 g/mol. The van der Waals surface area contributed by atoms with Gasteiger partial charge in [-0.15, -0.1) is 0 Å². The maximum Gasteiger partial charge on any atom is 0.232 e. The van der Waals surface area contributed by atoms with Crippen molar-refractivity contribution in [1.29, 1.82) is 0 Å². The zero-order valence-electron chi connectivity index (χ0n) is 7.31. The Balaban J connectivity index is 2.54. The predicted molar refractivity (Wildman–Crippen MR) is 63.9 cm³/mol. The van der Waals surface area contributed by atoms with Gasteiger partial charge in [0.05, 0.1) is 6.20 Å². The maximum atomic E-state index is 11.7. The summed E-state index contributed by atoms with van der Waals surface area (Å²) in [5.41, 5.74) is 0.494. The number of rotatable bonds is 1. The molecule has 0 N–H and O–H groups in total. The molecule has 0 aromatic heterocycles. The second kappa shape index (κ2) is 3.73. The largest absolute Gasteiger partial charge is 0.242 e. The predicted octanol–water partition coefficient (Wildman–Crippen LogP) is 2.71. The van der Waals surface area contributed by atoms with Gasteiger partial charge in [0, 0.05) is 10.6 Å². The number of halogens is 2. The lowest BCUT2D eigenvalue weighted by Crippen LogP contribution is -2.12. The summed E-state index contributed by atoms with van der Waals surface area (Å²) < 4.78 is 23.5. The Hall–Kier alpha value is -0.650. The van der Waals surface area contributed by atoms with Crippen LogP contribution in [0.1, 0.15) is 5.56 Å². The van der Waals surface area contributed by atoms with Crippen molar-refractivity contribution in [3.05, 3.63) is 44.9 Å². The van der Waals surface area contributed by atoms with E-state index in [1.807, 2.05) is 0 Å². The minimum absolute atomic E-state index is 0.0249. The summed E-state index contributed by atoms with van der Waals surface area (Å²) in [6.45, 7) is 0. The first-order valence-electron chi connectivity index (χ1n) is 3.96. The highest BCUT2D eigenvalue weighted by atomic mass is 79.9. The van der Waals surface area contributed by atoms with Crippen LogP contribution in [0.2, 0.25) is 5.02 Å². The number of nitrogens with zero attached hydrogens (tertiary/aromatic N) is 1. The van der Waals surface area contributed by atoms with Crippen LogP contribution in [0.3, 0.4) is 0 Å². The molecule has 0 saturated carbocycles. The summed E-state index contributed by atoms with van der Waals surface area (Å²) in [5, 5.41) is 0.505. The average molecular weight is 307 g/mol. The first-order valence-corrected chi connectivity index (χ1v) is 6.62. The molecule has 0 atom stereocenters. The molecule has 0 spiro atoms. The molecule has 0 aliphatic carbocycles. The molecule has 1 aromatic carbocycles. The molecule has 0 saturated heterocycles. The van der Waals surface area contributed by atoms with Crippen molar-refractivity contribution in [2.45, 2.75) is 0 Å². The van der Waals surface area contributed by atoms with Gasteiger partial charge in [-0.1, -0.05) is 23.7 Å². The number of benzene rings is 1. The van der Waals surface area contributed by atoms with Crippen molar-refractivity contribution in [2.24, 2.45) is 4.99 Å². The van der Waals surface area contributed by atoms with Gasteiger partial charge in [0.2, 0.25) is 9.84 Å². The second-order valence-electron chi connectivity index (χ2n) is 2.88. The quantitative estimate of drug-likeness (QED) is 0.801. The lowest BCUT2D eigenvalue weighted by molar-refractivity contribution is 0.615. The monoisotopic (exact) mass is 305 g/mol. The van der Waals surface area contributed by atoms with Gasteiger partial charge < -0.3 is 0 Å². The van der Waals surface area contributed by atoms with Crippen LogP contribution in [0, 0.1) is 0 Å². The van der Waals surface area contributed by atoms with E-state index < -0.39 is 9.84 Å². The summed E-state index contributed by atoms with van der Waals surface area (Å²) in [7, 11) is -3.47. The molecular formula is C9H5BrClNO2S. The van der Waals surface area contributed by atoms with Gasteiger partial charge in [-0.2, -0.15) is 0 Å². The Labute approximate surface area is 101 Å². The number of sulfone groups is 1. The number of hydrogen-bond acceptors (Lipinski definition) is 3. The van der Waals surface area contributed by atoms with E-state index in [1.54, 1.807) is 24.3 Å². The molecule has 1 aromatic rings. The van der Waals surface area contributed by atoms with Gasteiger partial charge in [0.25, 0.3) is 0 Å². The maximum absolute atomic E-state index is 11.7. The molecule has 3 nitrogen and oxygen atoms in total. The first kappa shape index (κ1) is 10.9. The van der Waals surface area contributed by atoms with Crippen LogP contribution < -0.4 is 0 Å². The first-order chi connectivity index (χ1) is 7.01. The minimum atomic E-state index is -3.47. The van der Waals surface area contributed by atoms with Gasteiger partial charge >= 0.3 is 0 Å². The lowest BCUT2D eigenvalue weighted by atomic mass is 10.2. The third kappa shape index (κ3) is 1.87. The third-order valence-electron chi connectivity index (χ3n) is 1.87. The van der Waals surface area contributed by atoms with Crippen molar-refractivity contribution in [3.8, 4) is 0 Å². The van der Waals surface area contributed by atoms with E-state index >= 15 is 0 Å². The Bertz CT molecular complexity index is 578. The van der Waals surface area contributed by atoms with E-state index in [0.29, 0.717) is 10.6 Å². The van der Waals surface area contributed by atoms with E-state index in [-0.39, 0.29) is 8.86 Å². The van der Waals surface area contributed by atoms with Crippen LogP contribution >= 0.6 is 27.5 Å². The van der Waals surface area contributed by atoms with Crippen LogP contribution in [0.15, 0.2) is 39.3 Å². The van der Waals surface area contributed by atoms with Gasteiger partial charge in [-0.25, -0.2) is 13.4 Å². The highest BCUT2D eigenvalue weighted by molar-refractivity contribution is 9.14. The Morgan fingerprint density at radius 1 is 1.33 bits per heavy atom. The summed E-state index contributed by atoms with van der Waals surface area (Å²) in [6.07, 6.45) is 1.27. The molecule has 0 radical (unpaired) electrons. The third-order valence-corrected chi connectivity index (χ3v) is 5.05. The van der Waals surface area contributed by atoms with Crippen LogP contribution in [0.5, 0.6) is 0 Å². The van der Waals surface area contributed by atoms with E-state index in [2.05, 4.69) is 20.9 Å². The fraction of sp³-hybridized carbons (Fsp3) is 0. The van der Waals surface area contributed by atoms with Gasteiger partial charge in [-0.05, 0) is 28.1 Å². The number of aliphatic imine (C=N–C) groups is 1. The molecule has 0 fully saturated rings. The van der Waals surface area contributed by atoms with Crippen LogP contribution in [0.4, 0.5) is 0 Å². The molecule has 1 aliphatic heterocycles. The van der Waals surface area contributed by atoms with E-state index in [4.69, 9.17) is 11.6 Å². The second-order valence-corrected chi connectivity index (χ2v) is 6.53. The van der Waals surface area contributed by atoms with Crippen molar-refractivity contribution in [3.63, 3.8) is 0 Å². The highest BCUT2D eigenvalue weighted by Gasteiger charge is 2.29. The fourth-order valence-corrected chi connectivity index (χ4v) is 2.95.